The summed E-state index contributed by atoms with van der Waals surface area (Å²) in [6.45, 7) is 1.66. The Labute approximate surface area is 93.0 Å². The molecule has 0 aromatic heterocycles. The molecular formula is C11H14N2O3. The smallest absolute Gasteiger partial charge is 0.270 e. The number of hydrogen-bond donors (Lipinski definition) is 2. The van der Waals surface area contributed by atoms with Crippen molar-refractivity contribution in [1.29, 1.82) is 0 Å². The van der Waals surface area contributed by atoms with Crippen LogP contribution < -0.4 is 5.73 Å². The molecule has 0 fully saturated rings. The molecule has 1 unspecified atom stereocenters. The molecule has 0 aliphatic heterocycles. The van der Waals surface area contributed by atoms with E-state index in [4.69, 9.17) is 5.73 Å². The van der Waals surface area contributed by atoms with Gasteiger partial charge in [0.05, 0.1) is 17.1 Å². The first-order valence-corrected chi connectivity index (χ1v) is 5.16. The Morgan fingerprint density at radius 1 is 1.62 bits per heavy atom. The van der Waals surface area contributed by atoms with Crippen LogP contribution in [0.25, 0.3) is 0 Å². The van der Waals surface area contributed by atoms with Crippen LogP contribution >= 0.6 is 0 Å². The fourth-order valence-electron chi connectivity index (χ4n) is 2.33. The molecule has 0 saturated carbocycles. The van der Waals surface area contributed by atoms with Gasteiger partial charge in [0, 0.05) is 12.1 Å². The average molecular weight is 222 g/mol. The van der Waals surface area contributed by atoms with Crippen molar-refractivity contribution in [3.8, 4) is 0 Å². The molecule has 1 aliphatic rings. The lowest BCUT2D eigenvalue weighted by atomic mass is 9.92. The number of hydrogen-bond acceptors (Lipinski definition) is 4. The van der Waals surface area contributed by atoms with Crippen molar-refractivity contribution >= 4 is 5.69 Å². The van der Waals surface area contributed by atoms with Gasteiger partial charge in [0.2, 0.25) is 0 Å². The van der Waals surface area contributed by atoms with Gasteiger partial charge in [-0.15, -0.1) is 0 Å². The number of nitro benzene ring substituents is 1. The van der Waals surface area contributed by atoms with Gasteiger partial charge in [0.25, 0.3) is 5.69 Å². The number of rotatable bonds is 2. The fraction of sp³-hybridized carbons (Fsp3) is 0.455. The van der Waals surface area contributed by atoms with E-state index in [9.17, 15) is 15.2 Å². The standard InChI is InChI=1S/C11H14N2O3/c1-7-4-8(13(15)16)5-10-9(7)2-3-11(10,12)6-14/h4-5,14H,2-3,6,12H2,1H3. The number of nitrogens with two attached hydrogens (primary N) is 1. The van der Waals surface area contributed by atoms with Gasteiger partial charge in [-0.25, -0.2) is 0 Å². The quantitative estimate of drug-likeness (QED) is 0.577. The van der Waals surface area contributed by atoms with Crippen molar-refractivity contribution in [3.05, 3.63) is 38.9 Å². The molecule has 3 N–H and O–H groups in total. The van der Waals surface area contributed by atoms with Crippen molar-refractivity contribution in [1.82, 2.24) is 0 Å². The van der Waals surface area contributed by atoms with Crippen LogP contribution in [0.15, 0.2) is 12.1 Å². The number of nitro groups is 1. The third-order valence-corrected chi connectivity index (χ3v) is 3.31. The zero-order chi connectivity index (χ0) is 11.9. The Balaban J connectivity index is 2.61. The summed E-state index contributed by atoms with van der Waals surface area (Å²) in [5.74, 6) is 0. The minimum Gasteiger partial charge on any atom is -0.394 e. The highest BCUT2D eigenvalue weighted by atomic mass is 16.6. The lowest BCUT2D eigenvalue weighted by molar-refractivity contribution is -0.385. The third kappa shape index (κ3) is 1.48. The maximum Gasteiger partial charge on any atom is 0.270 e. The molecule has 0 spiro atoms. The molecule has 0 radical (unpaired) electrons. The van der Waals surface area contributed by atoms with Crippen LogP contribution in [-0.2, 0) is 12.0 Å². The van der Waals surface area contributed by atoms with E-state index in [1.165, 1.54) is 6.07 Å². The summed E-state index contributed by atoms with van der Waals surface area (Å²) in [6, 6.07) is 3.05. The van der Waals surface area contributed by atoms with E-state index >= 15 is 0 Å². The van der Waals surface area contributed by atoms with Crippen LogP contribution in [0.4, 0.5) is 5.69 Å². The Morgan fingerprint density at radius 2 is 2.31 bits per heavy atom. The molecule has 0 heterocycles. The Hall–Kier alpha value is -1.46. The van der Waals surface area contributed by atoms with Crippen LogP contribution in [0.3, 0.4) is 0 Å². The Bertz CT molecular complexity index is 459. The first kappa shape index (κ1) is 11.0. The minimum atomic E-state index is -0.813. The van der Waals surface area contributed by atoms with Crippen molar-refractivity contribution in [2.24, 2.45) is 5.73 Å². The van der Waals surface area contributed by atoms with Crippen molar-refractivity contribution in [2.45, 2.75) is 25.3 Å². The van der Waals surface area contributed by atoms with Gasteiger partial charge in [0.15, 0.2) is 0 Å². The van der Waals surface area contributed by atoms with Crippen molar-refractivity contribution < 1.29 is 10.0 Å². The largest absolute Gasteiger partial charge is 0.394 e. The first-order chi connectivity index (χ1) is 7.48. The topological polar surface area (TPSA) is 89.4 Å². The van der Waals surface area contributed by atoms with E-state index in [0.717, 1.165) is 23.1 Å². The highest BCUT2D eigenvalue weighted by molar-refractivity contribution is 5.51. The summed E-state index contributed by atoms with van der Waals surface area (Å²) >= 11 is 0. The molecule has 2 rings (SSSR count). The summed E-state index contributed by atoms with van der Waals surface area (Å²) in [6.07, 6.45) is 1.41. The molecule has 0 saturated heterocycles. The summed E-state index contributed by atoms with van der Waals surface area (Å²) in [4.78, 5) is 10.3. The van der Waals surface area contributed by atoms with Crippen LogP contribution in [0.2, 0.25) is 0 Å². The number of fused-ring (bicyclic) bond motifs is 1. The van der Waals surface area contributed by atoms with E-state index < -0.39 is 10.5 Å². The number of non-ortho nitro benzene ring substituents is 1. The van der Waals surface area contributed by atoms with Gasteiger partial charge in [0.1, 0.15) is 0 Å². The third-order valence-electron chi connectivity index (χ3n) is 3.31. The predicted molar refractivity (Wildman–Crippen MR) is 59.1 cm³/mol. The molecule has 1 aromatic rings. The van der Waals surface area contributed by atoms with E-state index in [-0.39, 0.29) is 12.3 Å². The lowest BCUT2D eigenvalue weighted by Crippen LogP contribution is -2.38. The maximum atomic E-state index is 10.8. The van der Waals surface area contributed by atoms with Crippen LogP contribution in [0.5, 0.6) is 0 Å². The van der Waals surface area contributed by atoms with E-state index in [0.29, 0.717) is 6.42 Å². The predicted octanol–water partition coefficient (Wildman–Crippen LogP) is 0.996. The van der Waals surface area contributed by atoms with Crippen molar-refractivity contribution in [3.63, 3.8) is 0 Å². The maximum absolute atomic E-state index is 10.8. The highest BCUT2D eigenvalue weighted by Crippen LogP contribution is 2.38. The summed E-state index contributed by atoms with van der Waals surface area (Å²) in [7, 11) is 0. The van der Waals surface area contributed by atoms with Gasteiger partial charge in [-0.05, 0) is 36.5 Å². The zero-order valence-corrected chi connectivity index (χ0v) is 9.06. The zero-order valence-electron chi connectivity index (χ0n) is 9.06. The number of aliphatic hydroxyl groups is 1. The lowest BCUT2D eigenvalue weighted by Gasteiger charge is -2.22. The van der Waals surface area contributed by atoms with E-state index in [1.54, 1.807) is 6.07 Å². The molecule has 16 heavy (non-hydrogen) atoms. The second-order valence-electron chi connectivity index (χ2n) is 4.36. The molecule has 0 bridgehead atoms. The average Bonchev–Trinajstić information content (AvgIpc) is 2.58. The number of aliphatic hydroxyl groups excluding tert-OH is 1. The van der Waals surface area contributed by atoms with Crippen LogP contribution in [0.1, 0.15) is 23.1 Å². The minimum absolute atomic E-state index is 0.0430. The van der Waals surface area contributed by atoms with Gasteiger partial charge in [-0.1, -0.05) is 0 Å². The first-order valence-electron chi connectivity index (χ1n) is 5.16. The second kappa shape index (κ2) is 3.54. The van der Waals surface area contributed by atoms with Gasteiger partial charge >= 0.3 is 0 Å². The van der Waals surface area contributed by atoms with E-state index in [1.807, 2.05) is 6.92 Å². The van der Waals surface area contributed by atoms with E-state index in [2.05, 4.69) is 0 Å². The van der Waals surface area contributed by atoms with Crippen LogP contribution in [0, 0.1) is 17.0 Å². The molecular weight excluding hydrogens is 208 g/mol. The fourth-order valence-corrected chi connectivity index (χ4v) is 2.33. The summed E-state index contributed by atoms with van der Waals surface area (Å²) < 4.78 is 0. The summed E-state index contributed by atoms with van der Waals surface area (Å²) in [5, 5.41) is 20.1. The molecule has 1 atom stereocenters. The second-order valence-corrected chi connectivity index (χ2v) is 4.36. The highest BCUT2D eigenvalue weighted by Gasteiger charge is 2.36. The number of nitrogens with zero attached hydrogens (tertiary/aromatic N) is 1. The Kier molecular flexibility index (Phi) is 2.44. The Morgan fingerprint density at radius 3 is 2.88 bits per heavy atom. The number of benzene rings is 1. The molecule has 86 valence electrons. The molecule has 1 aromatic carbocycles. The van der Waals surface area contributed by atoms with Crippen LogP contribution in [-0.4, -0.2) is 16.6 Å². The summed E-state index contributed by atoms with van der Waals surface area (Å²) in [5.41, 5.74) is 7.91. The van der Waals surface area contributed by atoms with Gasteiger partial charge in [-0.2, -0.15) is 0 Å². The molecule has 1 aliphatic carbocycles. The van der Waals surface area contributed by atoms with Crippen molar-refractivity contribution in [2.75, 3.05) is 6.61 Å². The normalized spacial score (nSPS) is 23.2. The monoisotopic (exact) mass is 222 g/mol. The molecule has 5 nitrogen and oxygen atoms in total. The number of aryl methyl sites for hydroxylation is 1. The van der Waals surface area contributed by atoms with Gasteiger partial charge in [-0.3, -0.25) is 10.1 Å². The SMILES string of the molecule is Cc1cc([N+](=O)[O-])cc2c1CCC2(N)CO. The molecule has 5 heteroatoms. The molecule has 0 amide bonds. The van der Waals surface area contributed by atoms with Gasteiger partial charge < -0.3 is 10.8 Å².